The molecule has 0 aliphatic rings. The quantitative estimate of drug-likeness (QED) is 0.831. The standard InChI is InChI=1S/C14H9BrN4/c15-12-5-9(7-16)1-4-14(12)19-11-2-3-13(18)10(6-11)8-17/h1-6,19H,18H2. The molecule has 2 rings (SSSR count). The number of nitrogens with zero attached hydrogens (tertiary/aromatic N) is 2. The molecule has 0 spiro atoms. The fourth-order valence-corrected chi connectivity index (χ4v) is 2.05. The van der Waals surface area contributed by atoms with Crippen LogP contribution >= 0.6 is 15.9 Å². The van der Waals surface area contributed by atoms with E-state index in [1.807, 2.05) is 6.07 Å². The second kappa shape index (κ2) is 5.43. The van der Waals surface area contributed by atoms with Crippen molar-refractivity contribution >= 4 is 33.0 Å². The topological polar surface area (TPSA) is 85.6 Å². The van der Waals surface area contributed by atoms with Crippen LogP contribution in [-0.2, 0) is 0 Å². The largest absolute Gasteiger partial charge is 0.398 e. The smallest absolute Gasteiger partial charge is 0.101 e. The molecule has 0 aromatic heterocycles. The predicted octanol–water partition coefficient (Wildman–Crippen LogP) is 3.52. The third-order valence-corrected chi connectivity index (χ3v) is 3.21. The molecule has 2 aromatic rings. The first kappa shape index (κ1) is 12.9. The van der Waals surface area contributed by atoms with Gasteiger partial charge in [-0.15, -0.1) is 0 Å². The summed E-state index contributed by atoms with van der Waals surface area (Å²) in [5.74, 6) is 0. The summed E-state index contributed by atoms with van der Waals surface area (Å²) in [4.78, 5) is 0. The zero-order chi connectivity index (χ0) is 13.8. The SMILES string of the molecule is N#Cc1ccc(Nc2ccc(N)c(C#N)c2)c(Br)c1. The number of rotatable bonds is 2. The van der Waals surface area contributed by atoms with Crippen molar-refractivity contribution in [3.63, 3.8) is 0 Å². The number of nitrogens with one attached hydrogen (secondary N) is 1. The molecule has 0 radical (unpaired) electrons. The molecule has 4 nitrogen and oxygen atoms in total. The van der Waals surface area contributed by atoms with Gasteiger partial charge in [-0.25, -0.2) is 0 Å². The van der Waals surface area contributed by atoms with Gasteiger partial charge in [0.05, 0.1) is 22.9 Å². The highest BCUT2D eigenvalue weighted by Crippen LogP contribution is 2.28. The monoisotopic (exact) mass is 312 g/mol. The first-order chi connectivity index (χ1) is 9.13. The van der Waals surface area contributed by atoms with Gasteiger partial charge >= 0.3 is 0 Å². The van der Waals surface area contributed by atoms with E-state index in [4.69, 9.17) is 16.3 Å². The van der Waals surface area contributed by atoms with Gasteiger partial charge in [-0.05, 0) is 52.3 Å². The molecule has 0 atom stereocenters. The van der Waals surface area contributed by atoms with E-state index in [9.17, 15) is 0 Å². The van der Waals surface area contributed by atoms with Gasteiger partial charge in [0.1, 0.15) is 6.07 Å². The van der Waals surface area contributed by atoms with Gasteiger partial charge < -0.3 is 11.1 Å². The summed E-state index contributed by atoms with van der Waals surface area (Å²) in [7, 11) is 0. The molecule has 2 aromatic carbocycles. The summed E-state index contributed by atoms with van der Waals surface area (Å²) >= 11 is 3.39. The maximum atomic E-state index is 8.93. The Bertz CT molecular complexity index is 710. The number of benzene rings is 2. The van der Waals surface area contributed by atoms with E-state index in [0.29, 0.717) is 16.8 Å². The van der Waals surface area contributed by atoms with Crippen molar-refractivity contribution in [2.75, 3.05) is 11.1 Å². The van der Waals surface area contributed by atoms with E-state index in [2.05, 4.69) is 27.3 Å². The van der Waals surface area contributed by atoms with Crippen LogP contribution in [0.3, 0.4) is 0 Å². The van der Waals surface area contributed by atoms with E-state index in [1.54, 1.807) is 36.4 Å². The highest BCUT2D eigenvalue weighted by molar-refractivity contribution is 9.10. The normalized spacial score (nSPS) is 9.42. The zero-order valence-electron chi connectivity index (χ0n) is 9.81. The van der Waals surface area contributed by atoms with Crippen LogP contribution in [-0.4, -0.2) is 0 Å². The van der Waals surface area contributed by atoms with Crippen LogP contribution in [0, 0.1) is 22.7 Å². The fourth-order valence-electron chi connectivity index (χ4n) is 1.57. The van der Waals surface area contributed by atoms with Gasteiger partial charge in [-0.1, -0.05) is 0 Å². The Morgan fingerprint density at radius 1 is 1.05 bits per heavy atom. The van der Waals surface area contributed by atoms with Crippen LogP contribution in [0.25, 0.3) is 0 Å². The number of nitriles is 2. The van der Waals surface area contributed by atoms with E-state index < -0.39 is 0 Å². The minimum absolute atomic E-state index is 0.426. The van der Waals surface area contributed by atoms with Gasteiger partial charge in [-0.3, -0.25) is 0 Å². The molecular formula is C14H9BrN4. The number of nitrogens with two attached hydrogens (primary N) is 1. The molecule has 0 aliphatic heterocycles. The van der Waals surface area contributed by atoms with Crippen molar-refractivity contribution in [2.24, 2.45) is 0 Å². The van der Waals surface area contributed by atoms with Gasteiger partial charge in [-0.2, -0.15) is 10.5 Å². The molecule has 0 saturated heterocycles. The zero-order valence-corrected chi connectivity index (χ0v) is 11.4. The molecule has 0 amide bonds. The van der Waals surface area contributed by atoms with E-state index in [1.165, 1.54) is 0 Å². The van der Waals surface area contributed by atoms with E-state index in [0.717, 1.165) is 15.8 Å². The van der Waals surface area contributed by atoms with Gasteiger partial charge in [0, 0.05) is 15.8 Å². The number of nitrogen functional groups attached to an aromatic ring is 1. The summed E-state index contributed by atoms with van der Waals surface area (Å²) in [6.07, 6.45) is 0. The molecule has 19 heavy (non-hydrogen) atoms. The van der Waals surface area contributed by atoms with Crippen molar-refractivity contribution in [3.05, 3.63) is 52.0 Å². The Hall–Kier alpha value is -2.50. The maximum Gasteiger partial charge on any atom is 0.101 e. The second-order valence-corrected chi connectivity index (χ2v) is 4.70. The Morgan fingerprint density at radius 3 is 2.47 bits per heavy atom. The second-order valence-electron chi connectivity index (χ2n) is 3.85. The molecular weight excluding hydrogens is 304 g/mol. The van der Waals surface area contributed by atoms with E-state index >= 15 is 0 Å². The summed E-state index contributed by atoms with van der Waals surface area (Å²) in [6.45, 7) is 0. The lowest BCUT2D eigenvalue weighted by molar-refractivity contribution is 1.45. The predicted molar refractivity (Wildman–Crippen MR) is 77.7 cm³/mol. The van der Waals surface area contributed by atoms with Crippen molar-refractivity contribution in [2.45, 2.75) is 0 Å². The van der Waals surface area contributed by atoms with Gasteiger partial charge in [0.25, 0.3) is 0 Å². The molecule has 92 valence electrons. The molecule has 5 heteroatoms. The molecule has 0 aliphatic carbocycles. The maximum absolute atomic E-state index is 8.93. The molecule has 0 saturated carbocycles. The van der Waals surface area contributed by atoms with Crippen molar-refractivity contribution < 1.29 is 0 Å². The highest BCUT2D eigenvalue weighted by atomic mass is 79.9. The summed E-state index contributed by atoms with van der Waals surface area (Å²) in [6, 6.07) is 14.5. The Kier molecular flexibility index (Phi) is 3.70. The summed E-state index contributed by atoms with van der Waals surface area (Å²) in [5, 5.41) is 20.9. The van der Waals surface area contributed by atoms with Crippen LogP contribution in [0.2, 0.25) is 0 Å². The van der Waals surface area contributed by atoms with Crippen LogP contribution in [0.5, 0.6) is 0 Å². The summed E-state index contributed by atoms with van der Waals surface area (Å²) < 4.78 is 0.780. The number of hydrogen-bond acceptors (Lipinski definition) is 4. The van der Waals surface area contributed by atoms with E-state index in [-0.39, 0.29) is 0 Å². The molecule has 0 unspecified atom stereocenters. The number of anilines is 3. The lowest BCUT2D eigenvalue weighted by atomic mass is 10.1. The lowest BCUT2D eigenvalue weighted by Crippen LogP contribution is -1.95. The molecule has 3 N–H and O–H groups in total. The number of halogens is 1. The van der Waals surface area contributed by atoms with Crippen molar-refractivity contribution in [3.8, 4) is 12.1 Å². The Balaban J connectivity index is 2.32. The Labute approximate surface area is 119 Å². The van der Waals surface area contributed by atoms with Crippen molar-refractivity contribution in [1.82, 2.24) is 0 Å². The van der Waals surface area contributed by atoms with Crippen molar-refractivity contribution in [1.29, 1.82) is 10.5 Å². The molecule has 0 heterocycles. The molecule has 0 fully saturated rings. The highest BCUT2D eigenvalue weighted by Gasteiger charge is 2.04. The van der Waals surface area contributed by atoms with Gasteiger partial charge in [0.2, 0.25) is 0 Å². The minimum Gasteiger partial charge on any atom is -0.398 e. The Morgan fingerprint density at radius 2 is 1.84 bits per heavy atom. The summed E-state index contributed by atoms with van der Waals surface area (Å²) in [5.41, 5.74) is 8.69. The van der Waals surface area contributed by atoms with Crippen LogP contribution in [0.15, 0.2) is 40.9 Å². The average molecular weight is 313 g/mol. The van der Waals surface area contributed by atoms with Crippen LogP contribution in [0.4, 0.5) is 17.1 Å². The van der Waals surface area contributed by atoms with Crippen LogP contribution < -0.4 is 11.1 Å². The third kappa shape index (κ3) is 2.85. The third-order valence-electron chi connectivity index (χ3n) is 2.55. The first-order valence-electron chi connectivity index (χ1n) is 5.40. The first-order valence-corrected chi connectivity index (χ1v) is 6.19. The van der Waals surface area contributed by atoms with Gasteiger partial charge in [0.15, 0.2) is 0 Å². The fraction of sp³-hybridized carbons (Fsp3) is 0. The molecule has 0 bridgehead atoms. The minimum atomic E-state index is 0.426. The average Bonchev–Trinajstić information content (AvgIpc) is 2.43. The van der Waals surface area contributed by atoms with Crippen LogP contribution in [0.1, 0.15) is 11.1 Å². The lowest BCUT2D eigenvalue weighted by Gasteiger charge is -2.09. The number of hydrogen-bond donors (Lipinski definition) is 2.